The SMILES string of the molecule is O=C(NCc1ccc(Cl)cc1)c1cn2c3c(nccc3c1=O)NCC2. The van der Waals surface area contributed by atoms with Gasteiger partial charge in [0.25, 0.3) is 5.91 Å². The number of amides is 1. The lowest BCUT2D eigenvalue weighted by atomic mass is 10.1. The highest BCUT2D eigenvalue weighted by Crippen LogP contribution is 2.22. The molecule has 0 unspecified atom stereocenters. The Hall–Kier alpha value is -2.86. The molecule has 0 saturated heterocycles. The van der Waals surface area contributed by atoms with Gasteiger partial charge in [0.15, 0.2) is 5.82 Å². The van der Waals surface area contributed by atoms with Gasteiger partial charge in [-0.05, 0) is 23.8 Å². The minimum Gasteiger partial charge on any atom is -0.367 e. The fraction of sp³-hybridized carbons (Fsp3) is 0.167. The lowest BCUT2D eigenvalue weighted by Crippen LogP contribution is -2.31. The Morgan fingerprint density at radius 2 is 2.08 bits per heavy atom. The minimum absolute atomic E-state index is 0.139. The molecule has 1 aromatic carbocycles. The zero-order valence-corrected chi connectivity index (χ0v) is 14.0. The molecule has 0 radical (unpaired) electrons. The maximum Gasteiger partial charge on any atom is 0.257 e. The Morgan fingerprint density at radius 1 is 1.28 bits per heavy atom. The number of halogens is 1. The molecule has 126 valence electrons. The van der Waals surface area contributed by atoms with E-state index >= 15 is 0 Å². The number of hydrogen-bond acceptors (Lipinski definition) is 4. The van der Waals surface area contributed by atoms with Crippen molar-refractivity contribution in [2.75, 3.05) is 11.9 Å². The summed E-state index contributed by atoms with van der Waals surface area (Å²) in [7, 11) is 0. The monoisotopic (exact) mass is 354 g/mol. The van der Waals surface area contributed by atoms with Gasteiger partial charge < -0.3 is 15.2 Å². The van der Waals surface area contributed by atoms with E-state index in [1.807, 2.05) is 16.7 Å². The highest BCUT2D eigenvalue weighted by Gasteiger charge is 2.19. The zero-order chi connectivity index (χ0) is 17.4. The van der Waals surface area contributed by atoms with E-state index < -0.39 is 0 Å². The van der Waals surface area contributed by atoms with E-state index in [1.54, 1.807) is 30.6 Å². The van der Waals surface area contributed by atoms with Crippen LogP contribution in [0.3, 0.4) is 0 Å². The molecule has 0 fully saturated rings. The normalized spacial score (nSPS) is 12.7. The summed E-state index contributed by atoms with van der Waals surface area (Å²) in [5.74, 6) is 0.288. The molecule has 0 aliphatic carbocycles. The summed E-state index contributed by atoms with van der Waals surface area (Å²) in [6, 6.07) is 8.85. The predicted molar refractivity (Wildman–Crippen MR) is 97.1 cm³/mol. The first-order valence-electron chi connectivity index (χ1n) is 7.92. The Morgan fingerprint density at radius 3 is 2.88 bits per heavy atom. The molecule has 4 rings (SSSR count). The molecule has 0 spiro atoms. The molecule has 3 aromatic rings. The Bertz CT molecular complexity index is 1030. The second-order valence-corrected chi connectivity index (χ2v) is 6.29. The second-order valence-electron chi connectivity index (χ2n) is 5.86. The molecule has 0 saturated carbocycles. The molecule has 3 heterocycles. The molecule has 2 aromatic heterocycles. The summed E-state index contributed by atoms with van der Waals surface area (Å²) in [5, 5.41) is 7.10. The maximum absolute atomic E-state index is 12.7. The third-order valence-electron chi connectivity index (χ3n) is 4.24. The van der Waals surface area contributed by atoms with Gasteiger partial charge >= 0.3 is 0 Å². The van der Waals surface area contributed by atoms with Crippen molar-refractivity contribution in [3.05, 3.63) is 69.1 Å². The van der Waals surface area contributed by atoms with Crippen LogP contribution in [0.1, 0.15) is 15.9 Å². The summed E-state index contributed by atoms with van der Waals surface area (Å²) in [5.41, 5.74) is 1.51. The second kappa shape index (κ2) is 6.22. The molecule has 25 heavy (non-hydrogen) atoms. The molecular weight excluding hydrogens is 340 g/mol. The maximum atomic E-state index is 12.7. The lowest BCUT2D eigenvalue weighted by molar-refractivity contribution is 0.0949. The minimum atomic E-state index is -0.387. The largest absolute Gasteiger partial charge is 0.367 e. The Kier molecular flexibility index (Phi) is 3.89. The van der Waals surface area contributed by atoms with Crippen LogP contribution in [0.25, 0.3) is 10.9 Å². The van der Waals surface area contributed by atoms with Crippen LogP contribution in [0.4, 0.5) is 5.82 Å². The smallest absolute Gasteiger partial charge is 0.257 e. The number of carbonyl (C=O) groups is 1. The highest BCUT2D eigenvalue weighted by atomic mass is 35.5. The average molecular weight is 355 g/mol. The van der Waals surface area contributed by atoms with E-state index in [-0.39, 0.29) is 16.9 Å². The van der Waals surface area contributed by atoms with E-state index in [9.17, 15) is 9.59 Å². The first-order valence-corrected chi connectivity index (χ1v) is 8.30. The summed E-state index contributed by atoms with van der Waals surface area (Å²) >= 11 is 5.86. The summed E-state index contributed by atoms with van der Waals surface area (Å²) < 4.78 is 1.91. The number of nitrogens with zero attached hydrogens (tertiary/aromatic N) is 2. The standard InChI is InChI=1S/C18H15ClN4O2/c19-12-3-1-11(2-4-12)9-22-18(25)14-10-23-8-7-21-17-15(23)13(16(14)24)5-6-20-17/h1-6,10H,7-9H2,(H,20,21)(H,22,25). The lowest BCUT2D eigenvalue weighted by Gasteiger charge is -2.21. The van der Waals surface area contributed by atoms with Gasteiger partial charge in [-0.2, -0.15) is 0 Å². The van der Waals surface area contributed by atoms with E-state index in [1.165, 1.54) is 0 Å². The van der Waals surface area contributed by atoms with Gasteiger partial charge in [-0.1, -0.05) is 23.7 Å². The first kappa shape index (κ1) is 15.7. The third kappa shape index (κ3) is 2.85. The first-order chi connectivity index (χ1) is 12.1. The van der Waals surface area contributed by atoms with Crippen LogP contribution in [0.15, 0.2) is 47.5 Å². The Labute approximate surface area is 148 Å². The molecule has 1 amide bonds. The zero-order valence-electron chi connectivity index (χ0n) is 13.3. The van der Waals surface area contributed by atoms with Crippen molar-refractivity contribution in [1.82, 2.24) is 14.9 Å². The highest BCUT2D eigenvalue weighted by molar-refractivity contribution is 6.30. The van der Waals surface area contributed by atoms with Gasteiger partial charge in [0.2, 0.25) is 5.43 Å². The number of aromatic nitrogens is 2. The molecule has 0 atom stereocenters. The van der Waals surface area contributed by atoms with Crippen LogP contribution in [0.5, 0.6) is 0 Å². The van der Waals surface area contributed by atoms with Crippen molar-refractivity contribution in [1.29, 1.82) is 0 Å². The number of nitrogens with one attached hydrogen (secondary N) is 2. The molecule has 1 aliphatic rings. The fourth-order valence-electron chi connectivity index (χ4n) is 2.99. The van der Waals surface area contributed by atoms with E-state index in [0.29, 0.717) is 35.9 Å². The molecule has 6 nitrogen and oxygen atoms in total. The van der Waals surface area contributed by atoms with Crippen LogP contribution in [-0.2, 0) is 13.1 Å². The number of rotatable bonds is 3. The third-order valence-corrected chi connectivity index (χ3v) is 4.49. The van der Waals surface area contributed by atoms with Crippen LogP contribution in [-0.4, -0.2) is 22.0 Å². The molecule has 1 aliphatic heterocycles. The molecule has 7 heteroatoms. The van der Waals surface area contributed by atoms with Gasteiger partial charge in [-0.15, -0.1) is 0 Å². The van der Waals surface area contributed by atoms with Gasteiger partial charge in [-0.25, -0.2) is 4.98 Å². The van der Waals surface area contributed by atoms with Crippen LogP contribution < -0.4 is 16.1 Å². The van der Waals surface area contributed by atoms with Gasteiger partial charge in [0.1, 0.15) is 5.56 Å². The number of anilines is 1. The van der Waals surface area contributed by atoms with Crippen molar-refractivity contribution >= 4 is 34.2 Å². The molecular formula is C18H15ClN4O2. The number of carbonyl (C=O) groups excluding carboxylic acids is 1. The van der Waals surface area contributed by atoms with Crippen molar-refractivity contribution in [3.8, 4) is 0 Å². The number of pyridine rings is 2. The van der Waals surface area contributed by atoms with Gasteiger partial charge in [0, 0.05) is 37.1 Å². The van der Waals surface area contributed by atoms with Crippen molar-refractivity contribution in [3.63, 3.8) is 0 Å². The van der Waals surface area contributed by atoms with Crippen LogP contribution in [0, 0.1) is 0 Å². The van der Waals surface area contributed by atoms with E-state index in [4.69, 9.17) is 11.6 Å². The van der Waals surface area contributed by atoms with E-state index in [0.717, 1.165) is 11.1 Å². The van der Waals surface area contributed by atoms with Crippen LogP contribution >= 0.6 is 11.6 Å². The number of benzene rings is 1. The van der Waals surface area contributed by atoms with Crippen molar-refractivity contribution < 1.29 is 4.79 Å². The molecule has 2 N–H and O–H groups in total. The average Bonchev–Trinajstić information content (AvgIpc) is 2.64. The van der Waals surface area contributed by atoms with E-state index in [2.05, 4.69) is 15.6 Å². The van der Waals surface area contributed by atoms with Crippen LogP contribution in [0.2, 0.25) is 5.02 Å². The Balaban J connectivity index is 1.67. The van der Waals surface area contributed by atoms with Gasteiger partial charge in [0.05, 0.1) is 10.9 Å². The summed E-state index contributed by atoms with van der Waals surface area (Å²) in [4.78, 5) is 29.5. The fourth-order valence-corrected chi connectivity index (χ4v) is 3.12. The predicted octanol–water partition coefficient (Wildman–Crippen LogP) is 2.41. The topological polar surface area (TPSA) is 76.0 Å². The van der Waals surface area contributed by atoms with Gasteiger partial charge in [-0.3, -0.25) is 9.59 Å². The quantitative estimate of drug-likeness (QED) is 0.757. The molecule has 0 bridgehead atoms. The summed E-state index contributed by atoms with van der Waals surface area (Å²) in [6.07, 6.45) is 3.20. The summed E-state index contributed by atoms with van der Waals surface area (Å²) in [6.45, 7) is 1.71. The van der Waals surface area contributed by atoms with Crippen molar-refractivity contribution in [2.24, 2.45) is 0 Å². The van der Waals surface area contributed by atoms with Crippen molar-refractivity contribution in [2.45, 2.75) is 13.1 Å². The number of hydrogen-bond donors (Lipinski definition) is 2.